The molecule has 2 aromatic rings. The normalized spacial score (nSPS) is 10.1. The number of hydrogen-bond donors (Lipinski definition) is 0. The van der Waals surface area contributed by atoms with E-state index in [9.17, 15) is 19.7 Å². The molecule has 2 aromatic carbocycles. The van der Waals surface area contributed by atoms with E-state index in [1.165, 1.54) is 12.1 Å². The minimum atomic E-state index is -0.655. The Kier molecular flexibility index (Phi) is 4.05. The molecule has 0 bridgehead atoms. The van der Waals surface area contributed by atoms with Crippen molar-refractivity contribution in [1.82, 2.24) is 0 Å². The van der Waals surface area contributed by atoms with E-state index >= 15 is 0 Å². The minimum Gasteiger partial charge on any atom is -0.298 e. The lowest BCUT2D eigenvalue weighted by Gasteiger charge is -2.03. The fourth-order valence-electron chi connectivity index (χ4n) is 1.72. The van der Waals surface area contributed by atoms with Gasteiger partial charge in [0, 0.05) is 21.7 Å². The highest BCUT2D eigenvalue weighted by molar-refractivity contribution is 9.10. The molecule has 0 saturated heterocycles. The van der Waals surface area contributed by atoms with Crippen molar-refractivity contribution in [3.63, 3.8) is 0 Å². The number of benzene rings is 2. The predicted octanol–water partition coefficient (Wildman–Crippen LogP) is 3.40. The highest BCUT2D eigenvalue weighted by atomic mass is 79.9. The maximum absolute atomic E-state index is 12.2. The molecule has 0 saturated carbocycles. The number of carbonyl (C=O) groups excluding carboxylic acids is 2. The van der Waals surface area contributed by atoms with Crippen molar-refractivity contribution >= 4 is 33.7 Å². The molecule has 100 valence electrons. The maximum atomic E-state index is 12.2. The van der Waals surface area contributed by atoms with Crippen LogP contribution in [0.3, 0.4) is 0 Å². The molecule has 0 N–H and O–H groups in total. The van der Waals surface area contributed by atoms with Crippen molar-refractivity contribution in [2.75, 3.05) is 0 Å². The molecule has 0 spiro atoms. The van der Waals surface area contributed by atoms with E-state index < -0.39 is 4.92 Å². The fourth-order valence-corrected chi connectivity index (χ4v) is 1.99. The summed E-state index contributed by atoms with van der Waals surface area (Å²) in [5, 5.41) is 10.7. The van der Waals surface area contributed by atoms with Gasteiger partial charge in [-0.25, -0.2) is 0 Å². The number of aldehydes is 1. The van der Waals surface area contributed by atoms with Crippen molar-refractivity contribution in [1.29, 1.82) is 0 Å². The van der Waals surface area contributed by atoms with Crippen LogP contribution < -0.4 is 0 Å². The standard InChI is InChI=1S/C14H8BrNO4/c15-12-4-1-9(2-5-12)14(18)10-3-6-13(16(19)20)11(7-10)8-17/h1-8H. The zero-order valence-electron chi connectivity index (χ0n) is 10.1. The first-order chi connectivity index (χ1) is 9.52. The number of ketones is 1. The van der Waals surface area contributed by atoms with Gasteiger partial charge < -0.3 is 0 Å². The van der Waals surface area contributed by atoms with Crippen LogP contribution in [-0.4, -0.2) is 17.0 Å². The van der Waals surface area contributed by atoms with Crippen LogP contribution in [0.5, 0.6) is 0 Å². The summed E-state index contributed by atoms with van der Waals surface area (Å²) in [5.74, 6) is -0.296. The number of halogens is 1. The van der Waals surface area contributed by atoms with Crippen molar-refractivity contribution < 1.29 is 14.5 Å². The molecule has 0 aliphatic heterocycles. The molecule has 20 heavy (non-hydrogen) atoms. The Morgan fingerprint density at radius 2 is 1.70 bits per heavy atom. The van der Waals surface area contributed by atoms with Crippen LogP contribution in [0, 0.1) is 10.1 Å². The van der Waals surface area contributed by atoms with Gasteiger partial charge in [-0.05, 0) is 36.4 Å². The zero-order valence-corrected chi connectivity index (χ0v) is 11.7. The molecule has 6 heteroatoms. The molecule has 0 fully saturated rings. The average Bonchev–Trinajstić information content (AvgIpc) is 2.46. The summed E-state index contributed by atoms with van der Waals surface area (Å²) in [6, 6.07) is 10.4. The van der Waals surface area contributed by atoms with Crippen molar-refractivity contribution in [2.45, 2.75) is 0 Å². The third-order valence-corrected chi connectivity index (χ3v) is 3.25. The van der Waals surface area contributed by atoms with Gasteiger partial charge in [-0.2, -0.15) is 0 Å². The second-order valence-corrected chi connectivity index (χ2v) is 4.90. The second-order valence-electron chi connectivity index (χ2n) is 3.98. The van der Waals surface area contributed by atoms with Gasteiger partial charge in [0.05, 0.1) is 10.5 Å². The zero-order chi connectivity index (χ0) is 14.7. The van der Waals surface area contributed by atoms with Crippen molar-refractivity contribution in [3.8, 4) is 0 Å². The molecule has 0 aromatic heterocycles. The van der Waals surface area contributed by atoms with Crippen molar-refractivity contribution in [2.24, 2.45) is 0 Å². The van der Waals surface area contributed by atoms with E-state index in [0.717, 1.165) is 10.5 Å². The summed E-state index contributed by atoms with van der Waals surface area (Å²) < 4.78 is 0.839. The van der Waals surface area contributed by atoms with Gasteiger partial charge >= 0.3 is 0 Å². The number of nitrogens with zero attached hydrogens (tertiary/aromatic N) is 1. The predicted molar refractivity (Wildman–Crippen MR) is 76.1 cm³/mol. The molecular weight excluding hydrogens is 326 g/mol. The summed E-state index contributed by atoms with van der Waals surface area (Å²) in [7, 11) is 0. The second kappa shape index (κ2) is 5.75. The topological polar surface area (TPSA) is 77.3 Å². The van der Waals surface area contributed by atoms with E-state index in [0.29, 0.717) is 11.8 Å². The SMILES string of the molecule is O=Cc1cc(C(=O)c2ccc(Br)cc2)ccc1[N+](=O)[O-]. The fraction of sp³-hybridized carbons (Fsp3) is 0. The van der Waals surface area contributed by atoms with E-state index in [-0.39, 0.29) is 22.6 Å². The van der Waals surface area contributed by atoms with Crippen LogP contribution in [0.2, 0.25) is 0 Å². The van der Waals surface area contributed by atoms with Gasteiger partial charge in [-0.1, -0.05) is 15.9 Å². The highest BCUT2D eigenvalue weighted by Crippen LogP contribution is 2.21. The lowest BCUT2D eigenvalue weighted by molar-refractivity contribution is -0.385. The monoisotopic (exact) mass is 333 g/mol. The molecule has 0 heterocycles. The molecule has 2 rings (SSSR count). The molecule has 5 nitrogen and oxygen atoms in total. The van der Waals surface area contributed by atoms with Crippen LogP contribution in [0.4, 0.5) is 5.69 Å². The van der Waals surface area contributed by atoms with Gasteiger partial charge in [0.2, 0.25) is 0 Å². The van der Waals surface area contributed by atoms with E-state index in [1.54, 1.807) is 24.3 Å². The van der Waals surface area contributed by atoms with Gasteiger partial charge in [0.1, 0.15) is 0 Å². The van der Waals surface area contributed by atoms with E-state index in [1.807, 2.05) is 0 Å². The number of hydrogen-bond acceptors (Lipinski definition) is 4. The first-order valence-corrected chi connectivity index (χ1v) is 6.36. The maximum Gasteiger partial charge on any atom is 0.279 e. The summed E-state index contributed by atoms with van der Waals surface area (Å²) in [6.45, 7) is 0. The largest absolute Gasteiger partial charge is 0.298 e. The van der Waals surface area contributed by atoms with Gasteiger partial charge in [0.15, 0.2) is 12.1 Å². The molecule has 0 aliphatic rings. The Bertz CT molecular complexity index is 695. The van der Waals surface area contributed by atoms with Gasteiger partial charge in [-0.15, -0.1) is 0 Å². The number of carbonyl (C=O) groups is 2. The lowest BCUT2D eigenvalue weighted by atomic mass is 10.0. The molecule has 0 aliphatic carbocycles. The van der Waals surface area contributed by atoms with Crippen LogP contribution in [-0.2, 0) is 0 Å². The van der Waals surface area contributed by atoms with Crippen LogP contribution in [0.15, 0.2) is 46.9 Å². The third-order valence-electron chi connectivity index (χ3n) is 2.72. The molecule has 0 radical (unpaired) electrons. The molecular formula is C14H8BrNO4. The number of rotatable bonds is 4. The molecule has 0 unspecified atom stereocenters. The van der Waals surface area contributed by atoms with Crippen molar-refractivity contribution in [3.05, 3.63) is 73.7 Å². The Morgan fingerprint density at radius 3 is 2.25 bits per heavy atom. The minimum absolute atomic E-state index is 0.113. The Balaban J connectivity index is 2.43. The number of nitro groups is 1. The summed E-state index contributed by atoms with van der Waals surface area (Å²) in [6.07, 6.45) is 0.372. The van der Waals surface area contributed by atoms with Gasteiger partial charge in [0.25, 0.3) is 5.69 Å². The third kappa shape index (κ3) is 2.80. The quantitative estimate of drug-likeness (QED) is 0.372. The summed E-state index contributed by atoms with van der Waals surface area (Å²) in [4.78, 5) is 33.1. The van der Waals surface area contributed by atoms with Crippen LogP contribution in [0.1, 0.15) is 26.3 Å². The average molecular weight is 334 g/mol. The molecule has 0 amide bonds. The summed E-state index contributed by atoms with van der Waals surface area (Å²) >= 11 is 3.27. The first kappa shape index (κ1) is 14.1. The van der Waals surface area contributed by atoms with Crippen LogP contribution in [0.25, 0.3) is 0 Å². The smallest absolute Gasteiger partial charge is 0.279 e. The van der Waals surface area contributed by atoms with E-state index in [2.05, 4.69) is 15.9 Å². The van der Waals surface area contributed by atoms with E-state index in [4.69, 9.17) is 0 Å². The Morgan fingerprint density at radius 1 is 1.10 bits per heavy atom. The molecule has 0 atom stereocenters. The summed E-state index contributed by atoms with van der Waals surface area (Å²) in [5.41, 5.74) is 0.254. The van der Waals surface area contributed by atoms with Gasteiger partial charge in [-0.3, -0.25) is 19.7 Å². The number of nitro benzene ring substituents is 1. The first-order valence-electron chi connectivity index (χ1n) is 5.57. The van der Waals surface area contributed by atoms with Crippen LogP contribution >= 0.6 is 15.9 Å². The highest BCUT2D eigenvalue weighted by Gasteiger charge is 2.17. The lowest BCUT2D eigenvalue weighted by Crippen LogP contribution is -2.03. The Labute approximate surface area is 122 Å². The Hall–Kier alpha value is -2.34.